The van der Waals surface area contributed by atoms with E-state index in [2.05, 4.69) is 138 Å². The van der Waals surface area contributed by atoms with Gasteiger partial charge in [-0.25, -0.2) is 0 Å². The second-order valence-electron chi connectivity index (χ2n) is 11.7. The van der Waals surface area contributed by atoms with Crippen molar-refractivity contribution in [1.29, 1.82) is 0 Å². The number of likely N-dealkylation sites (N-methyl/N-ethyl adjacent to an activating group) is 1. The molecule has 0 spiro atoms. The van der Waals surface area contributed by atoms with Gasteiger partial charge in [-0.15, -0.1) is 0 Å². The largest absolute Gasteiger partial charge is 0.318 e. The van der Waals surface area contributed by atoms with Crippen LogP contribution in [-0.4, -0.2) is 38.8 Å². The van der Waals surface area contributed by atoms with Crippen LogP contribution in [0.2, 0.25) is 0 Å². The van der Waals surface area contributed by atoms with E-state index in [0.717, 1.165) is 32.5 Å². The van der Waals surface area contributed by atoms with Gasteiger partial charge >= 0.3 is 0 Å². The quantitative estimate of drug-likeness (QED) is 0.161. The molecule has 1 saturated carbocycles. The number of nitrogens with one attached hydrogen (secondary N) is 3. The standard InChI is InChI=1S/C37H41N3/c1-38-25-35(23-28-15-17-30-9-5-7-11-32(30)21-28)39-26-36(24-29-16-18-31-10-6-8-12-33(31)22-29)40-27-37(19-20-37)34-13-3-2-4-14-34/h2-18,21-22,35-36,38-40H,19-20,23-27H2,1H3/t35-,36+/m1/s1. The predicted octanol–water partition coefficient (Wildman–Crippen LogP) is 6.65. The molecule has 3 N–H and O–H groups in total. The minimum Gasteiger partial charge on any atom is -0.318 e. The molecular weight excluding hydrogens is 486 g/mol. The zero-order valence-electron chi connectivity index (χ0n) is 23.6. The Kier molecular flexibility index (Phi) is 8.24. The highest BCUT2D eigenvalue weighted by Crippen LogP contribution is 2.47. The first kappa shape index (κ1) is 26.7. The number of fused-ring (bicyclic) bond motifs is 2. The smallest absolute Gasteiger partial charge is 0.0233 e. The first-order valence-corrected chi connectivity index (χ1v) is 14.8. The van der Waals surface area contributed by atoms with Gasteiger partial charge in [0.1, 0.15) is 0 Å². The van der Waals surface area contributed by atoms with Gasteiger partial charge in [0, 0.05) is 37.1 Å². The van der Waals surface area contributed by atoms with Crippen LogP contribution >= 0.6 is 0 Å². The molecular formula is C37H41N3. The summed E-state index contributed by atoms with van der Waals surface area (Å²) in [4.78, 5) is 0. The summed E-state index contributed by atoms with van der Waals surface area (Å²) in [6.45, 7) is 2.89. The zero-order valence-corrected chi connectivity index (χ0v) is 23.6. The van der Waals surface area contributed by atoms with Crippen molar-refractivity contribution >= 4 is 21.5 Å². The van der Waals surface area contributed by atoms with Gasteiger partial charge in [0.15, 0.2) is 0 Å². The molecule has 2 atom stereocenters. The van der Waals surface area contributed by atoms with Crippen LogP contribution in [0.5, 0.6) is 0 Å². The van der Waals surface area contributed by atoms with E-state index >= 15 is 0 Å². The molecule has 3 nitrogen and oxygen atoms in total. The van der Waals surface area contributed by atoms with E-state index in [0.29, 0.717) is 17.5 Å². The van der Waals surface area contributed by atoms with Gasteiger partial charge in [-0.05, 0) is 71.0 Å². The number of hydrogen-bond acceptors (Lipinski definition) is 3. The Bertz CT molecular complexity index is 1540. The minimum atomic E-state index is 0.290. The highest BCUT2D eigenvalue weighted by Gasteiger charge is 2.44. The normalized spacial score (nSPS) is 15.7. The molecule has 1 aliphatic carbocycles. The lowest BCUT2D eigenvalue weighted by molar-refractivity contribution is 0.404. The molecule has 204 valence electrons. The third-order valence-corrected chi connectivity index (χ3v) is 8.66. The summed E-state index contributed by atoms with van der Waals surface area (Å²) < 4.78 is 0. The summed E-state index contributed by atoms with van der Waals surface area (Å²) in [5, 5.41) is 16.6. The van der Waals surface area contributed by atoms with Crippen LogP contribution in [-0.2, 0) is 18.3 Å². The Morgan fingerprint density at radius 3 is 1.65 bits per heavy atom. The average Bonchev–Trinajstić information content (AvgIpc) is 3.80. The highest BCUT2D eigenvalue weighted by atomic mass is 15.0. The summed E-state index contributed by atoms with van der Waals surface area (Å²) in [5.74, 6) is 0. The molecule has 0 radical (unpaired) electrons. The van der Waals surface area contributed by atoms with E-state index in [9.17, 15) is 0 Å². The van der Waals surface area contributed by atoms with E-state index in [4.69, 9.17) is 0 Å². The van der Waals surface area contributed by atoms with E-state index in [-0.39, 0.29) is 0 Å². The van der Waals surface area contributed by atoms with Crippen LogP contribution in [0.3, 0.4) is 0 Å². The topological polar surface area (TPSA) is 36.1 Å². The van der Waals surface area contributed by atoms with Gasteiger partial charge in [-0.2, -0.15) is 0 Å². The van der Waals surface area contributed by atoms with Gasteiger partial charge in [0.2, 0.25) is 0 Å². The van der Waals surface area contributed by atoms with Crippen LogP contribution in [0, 0.1) is 0 Å². The summed E-state index contributed by atoms with van der Waals surface area (Å²) >= 11 is 0. The molecule has 3 heteroatoms. The lowest BCUT2D eigenvalue weighted by Gasteiger charge is -2.27. The fraction of sp³-hybridized carbons (Fsp3) is 0.297. The lowest BCUT2D eigenvalue weighted by atomic mass is 9.95. The van der Waals surface area contributed by atoms with Crippen molar-refractivity contribution in [2.45, 2.75) is 43.2 Å². The predicted molar refractivity (Wildman–Crippen MR) is 170 cm³/mol. The number of rotatable bonds is 13. The molecule has 0 unspecified atom stereocenters. The van der Waals surface area contributed by atoms with Gasteiger partial charge in [-0.3, -0.25) is 0 Å². The third kappa shape index (κ3) is 6.45. The third-order valence-electron chi connectivity index (χ3n) is 8.66. The van der Waals surface area contributed by atoms with Gasteiger partial charge < -0.3 is 16.0 Å². The second kappa shape index (κ2) is 12.3. The second-order valence-corrected chi connectivity index (χ2v) is 11.7. The van der Waals surface area contributed by atoms with E-state index in [1.165, 1.54) is 51.1 Å². The van der Waals surface area contributed by atoms with Crippen molar-refractivity contribution in [1.82, 2.24) is 16.0 Å². The lowest BCUT2D eigenvalue weighted by Crippen LogP contribution is -2.48. The molecule has 0 aromatic heterocycles. The first-order valence-electron chi connectivity index (χ1n) is 14.8. The molecule has 5 aromatic rings. The molecule has 0 saturated heterocycles. The van der Waals surface area contributed by atoms with E-state index in [1.807, 2.05) is 0 Å². The molecule has 1 fully saturated rings. The van der Waals surface area contributed by atoms with Crippen LogP contribution in [0.4, 0.5) is 0 Å². The van der Waals surface area contributed by atoms with Gasteiger partial charge in [0.05, 0.1) is 0 Å². The number of hydrogen-bond donors (Lipinski definition) is 3. The summed E-state index contributed by atoms with van der Waals surface area (Å²) in [5.41, 5.74) is 4.54. The number of benzene rings is 5. The molecule has 40 heavy (non-hydrogen) atoms. The summed E-state index contributed by atoms with van der Waals surface area (Å²) in [6, 6.07) is 42.9. The molecule has 5 aromatic carbocycles. The maximum Gasteiger partial charge on any atom is 0.0233 e. The molecule has 0 bridgehead atoms. The monoisotopic (exact) mass is 527 g/mol. The van der Waals surface area contributed by atoms with Crippen molar-refractivity contribution in [2.24, 2.45) is 0 Å². The van der Waals surface area contributed by atoms with Crippen LogP contribution < -0.4 is 16.0 Å². The Morgan fingerprint density at radius 2 is 1.10 bits per heavy atom. The maximum absolute atomic E-state index is 4.02. The highest BCUT2D eigenvalue weighted by molar-refractivity contribution is 5.83. The first-order chi connectivity index (χ1) is 19.7. The molecule has 6 rings (SSSR count). The average molecular weight is 528 g/mol. The summed E-state index contributed by atoms with van der Waals surface area (Å²) in [7, 11) is 2.05. The molecule has 0 aliphatic heterocycles. The van der Waals surface area contributed by atoms with Crippen molar-refractivity contribution in [3.05, 3.63) is 132 Å². The van der Waals surface area contributed by atoms with E-state index < -0.39 is 0 Å². The van der Waals surface area contributed by atoms with Crippen molar-refractivity contribution < 1.29 is 0 Å². The molecule has 0 amide bonds. The Labute approximate surface area is 239 Å². The van der Waals surface area contributed by atoms with Crippen LogP contribution in [0.15, 0.2) is 115 Å². The Morgan fingerprint density at radius 1 is 0.575 bits per heavy atom. The fourth-order valence-corrected chi connectivity index (χ4v) is 6.14. The van der Waals surface area contributed by atoms with Crippen LogP contribution in [0.1, 0.15) is 29.5 Å². The summed E-state index contributed by atoms with van der Waals surface area (Å²) in [6.07, 6.45) is 4.54. The van der Waals surface area contributed by atoms with Gasteiger partial charge in [-0.1, -0.05) is 115 Å². The van der Waals surface area contributed by atoms with Crippen molar-refractivity contribution in [3.8, 4) is 0 Å². The Hall–Kier alpha value is -3.50. The molecule has 0 heterocycles. The Balaban J connectivity index is 1.17. The molecule has 1 aliphatic rings. The maximum atomic E-state index is 4.02. The fourth-order valence-electron chi connectivity index (χ4n) is 6.14. The van der Waals surface area contributed by atoms with Crippen LogP contribution in [0.25, 0.3) is 21.5 Å². The minimum absolute atomic E-state index is 0.290. The van der Waals surface area contributed by atoms with E-state index in [1.54, 1.807) is 0 Å². The van der Waals surface area contributed by atoms with Crippen molar-refractivity contribution in [3.63, 3.8) is 0 Å². The SMILES string of the molecule is CNC[C@@H](Cc1ccc2ccccc2c1)NC[C@H](Cc1ccc2ccccc2c1)NCC1(c2ccccc2)CC1. The zero-order chi connectivity index (χ0) is 27.2. The van der Waals surface area contributed by atoms with Gasteiger partial charge in [0.25, 0.3) is 0 Å². The van der Waals surface area contributed by atoms with Crippen molar-refractivity contribution in [2.75, 3.05) is 26.7 Å².